The number of aliphatic hydroxyl groups is 3. The molecule has 5 rings (SSSR count). The largest absolute Gasteiger partial charge is 0.493 e. The van der Waals surface area contributed by atoms with Gasteiger partial charge in [0.1, 0.15) is 18.3 Å². The standard InChI is InChI=1S/C27H36N2O9/c1-35-21-11-15(14-31)10-17-22-18(26(33)28-6-7-30)12-19(23(32)25(22)38-24(17)21)29(13-16-4-2-8-36-16)27(34)20-5-3-9-37-20/h10-12,16,19-20,22-23,25,30-32H,2-9,13-14H2,1H3,(H,28,33)/t16-,19+,20?,22-,23-,25-/m0/s1. The number of benzene rings is 1. The molecule has 0 bridgehead atoms. The maximum Gasteiger partial charge on any atom is 0.252 e. The number of carbonyl (C=O) groups is 2. The number of nitrogens with zero attached hydrogens (tertiary/aromatic N) is 1. The van der Waals surface area contributed by atoms with Crippen molar-refractivity contribution in [1.29, 1.82) is 0 Å². The van der Waals surface area contributed by atoms with Crippen molar-refractivity contribution in [2.24, 2.45) is 0 Å². The maximum atomic E-state index is 13.7. The van der Waals surface area contributed by atoms with E-state index in [0.717, 1.165) is 19.3 Å². The minimum absolute atomic E-state index is 0.0446. The highest BCUT2D eigenvalue weighted by Gasteiger charge is 2.52. The summed E-state index contributed by atoms with van der Waals surface area (Å²) < 4.78 is 23.3. The predicted molar refractivity (Wildman–Crippen MR) is 134 cm³/mol. The van der Waals surface area contributed by atoms with E-state index in [1.165, 1.54) is 7.11 Å². The Kier molecular flexibility index (Phi) is 8.20. The fourth-order valence-electron chi connectivity index (χ4n) is 5.94. The van der Waals surface area contributed by atoms with E-state index in [9.17, 15) is 24.9 Å². The van der Waals surface area contributed by atoms with Crippen molar-refractivity contribution in [3.8, 4) is 11.5 Å². The summed E-state index contributed by atoms with van der Waals surface area (Å²) in [5.74, 6) is -0.583. The number of fused-ring (bicyclic) bond motifs is 3. The van der Waals surface area contributed by atoms with Gasteiger partial charge < -0.3 is 44.5 Å². The monoisotopic (exact) mass is 532 g/mol. The van der Waals surface area contributed by atoms with Crippen molar-refractivity contribution in [3.05, 3.63) is 34.9 Å². The average molecular weight is 533 g/mol. The number of ether oxygens (including phenoxy) is 4. The average Bonchev–Trinajstić information content (AvgIpc) is 3.71. The lowest BCUT2D eigenvalue weighted by molar-refractivity contribution is -0.148. The van der Waals surface area contributed by atoms with E-state index in [-0.39, 0.29) is 38.3 Å². The minimum Gasteiger partial charge on any atom is -0.493 e. The fraction of sp³-hybridized carbons (Fsp3) is 0.630. The topological polar surface area (TPSA) is 147 Å². The lowest BCUT2D eigenvalue weighted by Crippen LogP contribution is -2.58. The first kappa shape index (κ1) is 26.9. The van der Waals surface area contributed by atoms with Crippen LogP contribution in [0.25, 0.3) is 0 Å². The molecule has 0 aromatic heterocycles. The summed E-state index contributed by atoms with van der Waals surface area (Å²) in [7, 11) is 1.48. The van der Waals surface area contributed by atoms with Gasteiger partial charge in [-0.15, -0.1) is 0 Å². The molecule has 2 saturated heterocycles. The quantitative estimate of drug-likeness (QED) is 0.345. The van der Waals surface area contributed by atoms with Crippen molar-refractivity contribution >= 4 is 11.8 Å². The fourth-order valence-corrected chi connectivity index (χ4v) is 5.94. The molecule has 4 N–H and O–H groups in total. The van der Waals surface area contributed by atoms with Gasteiger partial charge in [0.25, 0.3) is 5.91 Å². The van der Waals surface area contributed by atoms with Gasteiger partial charge in [0, 0.05) is 37.4 Å². The van der Waals surface area contributed by atoms with Gasteiger partial charge in [-0.25, -0.2) is 0 Å². The first-order valence-electron chi connectivity index (χ1n) is 13.3. The number of methoxy groups -OCH3 is 1. The van der Waals surface area contributed by atoms with Gasteiger partial charge in [0.2, 0.25) is 5.91 Å². The lowest BCUT2D eigenvalue weighted by Gasteiger charge is -2.42. The van der Waals surface area contributed by atoms with Crippen LogP contribution in [-0.2, 0) is 25.7 Å². The van der Waals surface area contributed by atoms with Gasteiger partial charge in [-0.1, -0.05) is 0 Å². The Balaban J connectivity index is 1.56. The molecule has 11 heteroatoms. The summed E-state index contributed by atoms with van der Waals surface area (Å²) in [5, 5.41) is 33.5. The first-order valence-corrected chi connectivity index (χ1v) is 13.3. The number of carbonyl (C=O) groups excluding carboxylic acids is 2. The molecule has 11 nitrogen and oxygen atoms in total. The maximum absolute atomic E-state index is 13.7. The SMILES string of the molecule is COc1cc(CO)cc2c1O[C@@H]1[C@@H](O)[C@H](N(C[C@@H]3CCCO3)C(=O)C3CCCO3)C=C(C(=O)NCCO)[C@H]21. The molecule has 0 radical (unpaired) electrons. The zero-order valence-corrected chi connectivity index (χ0v) is 21.5. The van der Waals surface area contributed by atoms with Crippen LogP contribution in [0.4, 0.5) is 0 Å². The van der Waals surface area contributed by atoms with Crippen LogP contribution in [0.5, 0.6) is 11.5 Å². The van der Waals surface area contributed by atoms with Crippen LogP contribution in [0.1, 0.15) is 42.7 Å². The Labute approximate surface area is 221 Å². The second-order valence-electron chi connectivity index (χ2n) is 10.1. The highest BCUT2D eigenvalue weighted by Crippen LogP contribution is 2.51. The lowest BCUT2D eigenvalue weighted by atomic mass is 9.77. The predicted octanol–water partition coefficient (Wildman–Crippen LogP) is -0.00330. The van der Waals surface area contributed by atoms with E-state index in [4.69, 9.17) is 18.9 Å². The van der Waals surface area contributed by atoms with E-state index in [1.807, 2.05) is 0 Å². The summed E-state index contributed by atoms with van der Waals surface area (Å²) in [6.45, 7) is 0.927. The van der Waals surface area contributed by atoms with Crippen molar-refractivity contribution in [3.63, 3.8) is 0 Å². The number of rotatable bonds is 9. The van der Waals surface area contributed by atoms with E-state index < -0.39 is 36.2 Å². The Morgan fingerprint density at radius 1 is 1.16 bits per heavy atom. The molecular formula is C27H36N2O9. The summed E-state index contributed by atoms with van der Waals surface area (Å²) in [4.78, 5) is 28.7. The molecule has 0 spiro atoms. The third kappa shape index (κ3) is 5.01. The molecule has 3 aliphatic heterocycles. The molecule has 38 heavy (non-hydrogen) atoms. The van der Waals surface area contributed by atoms with Gasteiger partial charge >= 0.3 is 0 Å². The number of hydrogen-bond acceptors (Lipinski definition) is 9. The second kappa shape index (κ2) is 11.6. The van der Waals surface area contributed by atoms with E-state index >= 15 is 0 Å². The van der Waals surface area contributed by atoms with Gasteiger partial charge in [0.15, 0.2) is 11.5 Å². The Morgan fingerprint density at radius 3 is 2.61 bits per heavy atom. The molecule has 1 aliphatic carbocycles. The first-order chi connectivity index (χ1) is 18.5. The third-order valence-electron chi connectivity index (χ3n) is 7.77. The van der Waals surface area contributed by atoms with E-state index in [1.54, 1.807) is 23.1 Å². The van der Waals surface area contributed by atoms with Crippen LogP contribution in [0.3, 0.4) is 0 Å². The van der Waals surface area contributed by atoms with Crippen LogP contribution in [0.2, 0.25) is 0 Å². The summed E-state index contributed by atoms with van der Waals surface area (Å²) in [6, 6.07) is 2.52. The highest BCUT2D eigenvalue weighted by atomic mass is 16.5. The molecule has 2 fully saturated rings. The van der Waals surface area contributed by atoms with Crippen LogP contribution in [-0.4, -0.2) is 103 Å². The minimum atomic E-state index is -1.17. The molecule has 0 saturated carbocycles. The van der Waals surface area contributed by atoms with Gasteiger partial charge in [0.05, 0.1) is 38.4 Å². The molecule has 4 aliphatic rings. The zero-order valence-electron chi connectivity index (χ0n) is 21.5. The number of nitrogens with one attached hydrogen (secondary N) is 1. The third-order valence-corrected chi connectivity index (χ3v) is 7.77. The Bertz CT molecular complexity index is 1060. The smallest absolute Gasteiger partial charge is 0.252 e. The second-order valence-corrected chi connectivity index (χ2v) is 10.1. The van der Waals surface area contributed by atoms with Crippen molar-refractivity contribution in [1.82, 2.24) is 10.2 Å². The molecule has 1 unspecified atom stereocenters. The van der Waals surface area contributed by atoms with E-state index in [2.05, 4.69) is 5.32 Å². The normalized spacial score (nSPS) is 29.7. The molecule has 6 atom stereocenters. The summed E-state index contributed by atoms with van der Waals surface area (Å²) in [6.07, 6.45) is 1.83. The number of hydrogen-bond donors (Lipinski definition) is 4. The van der Waals surface area contributed by atoms with Crippen LogP contribution < -0.4 is 14.8 Å². The molecular weight excluding hydrogens is 496 g/mol. The molecule has 3 heterocycles. The highest BCUT2D eigenvalue weighted by molar-refractivity contribution is 5.96. The Hall–Kier alpha value is -2.70. The zero-order chi connectivity index (χ0) is 26.8. The Morgan fingerprint density at radius 2 is 1.95 bits per heavy atom. The molecule has 1 aromatic carbocycles. The van der Waals surface area contributed by atoms with Crippen LogP contribution in [0.15, 0.2) is 23.8 Å². The van der Waals surface area contributed by atoms with Gasteiger partial charge in [-0.2, -0.15) is 0 Å². The van der Waals surface area contributed by atoms with Crippen molar-refractivity contribution in [2.75, 3.05) is 40.0 Å². The van der Waals surface area contributed by atoms with Crippen LogP contribution >= 0.6 is 0 Å². The summed E-state index contributed by atoms with van der Waals surface area (Å²) >= 11 is 0. The van der Waals surface area contributed by atoms with Gasteiger partial charge in [-0.3, -0.25) is 9.59 Å². The van der Waals surface area contributed by atoms with Gasteiger partial charge in [-0.05, 0) is 49.5 Å². The van der Waals surface area contributed by atoms with E-state index in [0.29, 0.717) is 47.8 Å². The van der Waals surface area contributed by atoms with Crippen molar-refractivity contribution in [2.45, 2.75) is 68.7 Å². The molecule has 208 valence electrons. The number of aliphatic hydroxyl groups excluding tert-OH is 3. The van der Waals surface area contributed by atoms with Crippen molar-refractivity contribution < 1.29 is 43.9 Å². The summed E-state index contributed by atoms with van der Waals surface area (Å²) in [5.41, 5.74) is 1.50. The molecule has 2 amide bonds. The van der Waals surface area contributed by atoms with Crippen LogP contribution in [0, 0.1) is 0 Å². The number of amides is 2. The molecule has 1 aromatic rings.